The third-order valence-electron chi connectivity index (χ3n) is 6.15. The third kappa shape index (κ3) is 4.47. The van der Waals surface area contributed by atoms with Gasteiger partial charge in [0.25, 0.3) is 11.5 Å². The SMILES string of the molecule is Cc1c(C=C2SC(=S)N(C)C2=O)c(N2CCN(Cc3ccccc3)CC2)n(C)c(=O)c1C#N. The largest absolute Gasteiger partial charge is 0.355 e. The average molecular weight is 480 g/mol. The second-order valence-corrected chi connectivity index (χ2v) is 9.88. The molecule has 7 nitrogen and oxygen atoms in total. The van der Waals surface area contributed by atoms with Gasteiger partial charge in [0.2, 0.25) is 0 Å². The van der Waals surface area contributed by atoms with E-state index in [9.17, 15) is 14.9 Å². The van der Waals surface area contributed by atoms with Gasteiger partial charge in [-0.1, -0.05) is 54.3 Å². The number of thiocarbonyl (C=S) groups is 1. The van der Waals surface area contributed by atoms with Crippen molar-refractivity contribution in [1.29, 1.82) is 5.26 Å². The maximum Gasteiger partial charge on any atom is 0.270 e. The van der Waals surface area contributed by atoms with Crippen LogP contribution in [0.3, 0.4) is 0 Å². The minimum absolute atomic E-state index is 0.0993. The standard InChI is InChI=1S/C24H25N5O2S2/c1-16-18(13-20-23(31)27(3)24(32)33-20)21(26(2)22(30)19(16)14-25)29-11-9-28(10-12-29)15-17-7-5-4-6-8-17/h4-8,13H,9-12,15H2,1-3H3. The number of pyridine rings is 1. The van der Waals surface area contributed by atoms with Gasteiger partial charge in [-0.15, -0.1) is 0 Å². The summed E-state index contributed by atoms with van der Waals surface area (Å²) in [5, 5.41) is 9.62. The second kappa shape index (κ2) is 9.51. The lowest BCUT2D eigenvalue weighted by Crippen LogP contribution is -2.48. The van der Waals surface area contributed by atoms with E-state index in [-0.39, 0.29) is 17.0 Å². The van der Waals surface area contributed by atoms with E-state index in [1.807, 2.05) is 24.3 Å². The summed E-state index contributed by atoms with van der Waals surface area (Å²) in [6.45, 7) is 5.82. The number of benzene rings is 1. The van der Waals surface area contributed by atoms with Gasteiger partial charge in [0.1, 0.15) is 21.8 Å². The molecule has 3 heterocycles. The van der Waals surface area contributed by atoms with E-state index in [0.29, 0.717) is 14.8 Å². The molecule has 1 amide bonds. The van der Waals surface area contributed by atoms with E-state index >= 15 is 0 Å². The molecule has 0 unspecified atom stereocenters. The monoisotopic (exact) mass is 479 g/mol. The van der Waals surface area contributed by atoms with Gasteiger partial charge < -0.3 is 4.90 Å². The van der Waals surface area contributed by atoms with Crippen LogP contribution < -0.4 is 10.5 Å². The van der Waals surface area contributed by atoms with Crippen molar-refractivity contribution in [3.05, 3.63) is 67.8 Å². The molecule has 9 heteroatoms. The van der Waals surface area contributed by atoms with Gasteiger partial charge in [0.05, 0.1) is 4.91 Å². The molecule has 0 bridgehead atoms. The zero-order chi connectivity index (χ0) is 23.7. The Bertz CT molecular complexity index is 1240. The van der Waals surface area contributed by atoms with Crippen LogP contribution in [0.15, 0.2) is 40.0 Å². The molecule has 1 aromatic heterocycles. The summed E-state index contributed by atoms with van der Waals surface area (Å²) in [6.07, 6.45) is 1.78. The Morgan fingerprint density at radius 2 is 1.79 bits per heavy atom. The number of amides is 1. The Hall–Kier alpha value is -2.93. The highest BCUT2D eigenvalue weighted by Crippen LogP contribution is 2.35. The van der Waals surface area contributed by atoms with Gasteiger partial charge in [-0.25, -0.2) is 0 Å². The molecule has 0 aliphatic carbocycles. The Labute approximate surface area is 202 Å². The van der Waals surface area contributed by atoms with Crippen molar-refractivity contribution in [3.63, 3.8) is 0 Å². The number of aromatic nitrogens is 1. The molecular formula is C24H25N5O2S2. The summed E-state index contributed by atoms with van der Waals surface area (Å²) in [4.78, 5) is 32.1. The lowest BCUT2D eigenvalue weighted by atomic mass is 10.0. The first-order valence-electron chi connectivity index (χ1n) is 10.7. The molecule has 2 saturated heterocycles. The zero-order valence-corrected chi connectivity index (χ0v) is 20.5. The van der Waals surface area contributed by atoms with E-state index in [2.05, 4.69) is 21.9 Å². The topological polar surface area (TPSA) is 72.6 Å². The summed E-state index contributed by atoms with van der Waals surface area (Å²) in [5.41, 5.74) is 2.36. The summed E-state index contributed by atoms with van der Waals surface area (Å²) in [6, 6.07) is 12.4. The predicted octanol–water partition coefficient (Wildman–Crippen LogP) is 2.72. The van der Waals surface area contributed by atoms with Gasteiger partial charge in [0.15, 0.2) is 0 Å². The maximum atomic E-state index is 12.9. The fourth-order valence-corrected chi connectivity index (χ4v) is 5.39. The number of rotatable bonds is 4. The molecule has 0 atom stereocenters. The number of carbonyl (C=O) groups is 1. The average Bonchev–Trinajstić information content (AvgIpc) is 3.06. The number of carbonyl (C=O) groups excluding carboxylic acids is 1. The van der Waals surface area contributed by atoms with E-state index in [4.69, 9.17) is 12.2 Å². The molecule has 0 N–H and O–H groups in total. The van der Waals surface area contributed by atoms with E-state index in [1.165, 1.54) is 26.8 Å². The normalized spacial score (nSPS) is 18.3. The fourth-order valence-electron chi connectivity index (χ4n) is 4.23. The predicted molar refractivity (Wildman–Crippen MR) is 136 cm³/mol. The van der Waals surface area contributed by atoms with Crippen LogP contribution in [0.4, 0.5) is 5.82 Å². The molecule has 0 saturated carbocycles. The highest BCUT2D eigenvalue weighted by atomic mass is 32.2. The van der Waals surface area contributed by atoms with Crippen LogP contribution >= 0.6 is 24.0 Å². The fraction of sp³-hybridized carbons (Fsp3) is 0.333. The van der Waals surface area contributed by atoms with Crippen molar-refractivity contribution in [2.75, 3.05) is 38.1 Å². The van der Waals surface area contributed by atoms with Crippen LogP contribution in [0.1, 0.15) is 22.3 Å². The molecule has 2 aromatic rings. The molecule has 170 valence electrons. The van der Waals surface area contributed by atoms with Crippen molar-refractivity contribution < 1.29 is 4.79 Å². The molecule has 4 rings (SSSR count). The maximum absolute atomic E-state index is 12.9. The molecule has 2 fully saturated rings. The molecule has 0 spiro atoms. The second-order valence-electron chi connectivity index (χ2n) is 8.20. The quantitative estimate of drug-likeness (QED) is 0.493. The number of hydrogen-bond donors (Lipinski definition) is 0. The first-order valence-corrected chi connectivity index (χ1v) is 11.9. The lowest BCUT2D eigenvalue weighted by Gasteiger charge is -2.37. The molecule has 33 heavy (non-hydrogen) atoms. The number of thioether (sulfide) groups is 1. The van der Waals surface area contributed by atoms with Crippen LogP contribution in [0.2, 0.25) is 0 Å². The van der Waals surface area contributed by atoms with Crippen LogP contribution in [0.25, 0.3) is 6.08 Å². The molecule has 0 radical (unpaired) electrons. The van der Waals surface area contributed by atoms with Crippen molar-refractivity contribution in [3.8, 4) is 6.07 Å². The molecular weight excluding hydrogens is 454 g/mol. The Kier molecular flexibility index (Phi) is 6.70. The third-order valence-corrected chi connectivity index (χ3v) is 7.64. The number of nitrogens with zero attached hydrogens (tertiary/aromatic N) is 5. The Balaban J connectivity index is 1.68. The molecule has 1 aromatic carbocycles. The molecule has 2 aliphatic heterocycles. The summed E-state index contributed by atoms with van der Waals surface area (Å²) >= 11 is 6.51. The zero-order valence-electron chi connectivity index (χ0n) is 18.9. The van der Waals surface area contributed by atoms with Crippen LogP contribution in [0, 0.1) is 18.3 Å². The van der Waals surface area contributed by atoms with E-state index in [0.717, 1.165) is 44.1 Å². The number of piperazine rings is 1. The van der Waals surface area contributed by atoms with Gasteiger partial charge >= 0.3 is 0 Å². The van der Waals surface area contributed by atoms with Gasteiger partial charge in [-0.3, -0.25) is 24.0 Å². The summed E-state index contributed by atoms with van der Waals surface area (Å²) in [7, 11) is 3.34. The van der Waals surface area contributed by atoms with Gasteiger partial charge in [-0.05, 0) is 24.1 Å². The first-order chi connectivity index (χ1) is 15.8. The van der Waals surface area contributed by atoms with E-state index < -0.39 is 0 Å². The summed E-state index contributed by atoms with van der Waals surface area (Å²) < 4.78 is 2.03. The van der Waals surface area contributed by atoms with Crippen molar-refractivity contribution in [2.24, 2.45) is 7.05 Å². The Morgan fingerprint density at radius 3 is 2.36 bits per heavy atom. The number of anilines is 1. The summed E-state index contributed by atoms with van der Waals surface area (Å²) in [5.74, 6) is 0.563. The number of hydrogen-bond acceptors (Lipinski definition) is 7. The smallest absolute Gasteiger partial charge is 0.270 e. The van der Waals surface area contributed by atoms with Crippen molar-refractivity contribution in [1.82, 2.24) is 14.4 Å². The highest BCUT2D eigenvalue weighted by molar-refractivity contribution is 8.26. The van der Waals surface area contributed by atoms with Crippen LogP contribution in [0.5, 0.6) is 0 Å². The number of likely N-dealkylation sites (N-methyl/N-ethyl adjacent to an activating group) is 1. The Morgan fingerprint density at radius 1 is 1.12 bits per heavy atom. The minimum atomic E-state index is -0.322. The number of nitriles is 1. The lowest BCUT2D eigenvalue weighted by molar-refractivity contribution is -0.121. The first kappa shape index (κ1) is 23.2. The molecule has 2 aliphatic rings. The highest BCUT2D eigenvalue weighted by Gasteiger charge is 2.31. The van der Waals surface area contributed by atoms with Crippen LogP contribution in [-0.2, 0) is 18.4 Å². The van der Waals surface area contributed by atoms with Gasteiger partial charge in [0, 0.05) is 52.4 Å². The minimum Gasteiger partial charge on any atom is -0.355 e. The van der Waals surface area contributed by atoms with E-state index in [1.54, 1.807) is 27.1 Å². The van der Waals surface area contributed by atoms with Crippen molar-refractivity contribution >= 4 is 46.1 Å². The van der Waals surface area contributed by atoms with Crippen LogP contribution in [-0.4, -0.2) is 57.8 Å². The van der Waals surface area contributed by atoms with Crippen molar-refractivity contribution in [2.45, 2.75) is 13.5 Å². The van der Waals surface area contributed by atoms with Gasteiger partial charge in [-0.2, -0.15) is 5.26 Å².